The van der Waals surface area contributed by atoms with Gasteiger partial charge in [-0.15, -0.1) is 0 Å². The van der Waals surface area contributed by atoms with Gasteiger partial charge in [-0.1, -0.05) is 0 Å². The topological polar surface area (TPSA) is 48.3 Å². The SMILES string of the molecule is COC(CNCCc1cnn(C)c1)OC. The van der Waals surface area contributed by atoms with E-state index in [1.54, 1.807) is 14.2 Å². The van der Waals surface area contributed by atoms with Gasteiger partial charge in [0.05, 0.1) is 6.20 Å². The Hall–Kier alpha value is -0.910. The summed E-state index contributed by atoms with van der Waals surface area (Å²) in [5.74, 6) is 0. The smallest absolute Gasteiger partial charge is 0.169 e. The van der Waals surface area contributed by atoms with Crippen LogP contribution in [0.3, 0.4) is 0 Å². The number of aromatic nitrogens is 2. The molecule has 0 unspecified atom stereocenters. The first-order valence-corrected chi connectivity index (χ1v) is 5.00. The first kappa shape index (κ1) is 12.2. The Kier molecular flexibility index (Phi) is 5.31. The van der Waals surface area contributed by atoms with E-state index in [4.69, 9.17) is 9.47 Å². The van der Waals surface area contributed by atoms with E-state index in [-0.39, 0.29) is 6.29 Å². The number of hydrogen-bond acceptors (Lipinski definition) is 4. The lowest BCUT2D eigenvalue weighted by Crippen LogP contribution is -2.30. The molecule has 0 fully saturated rings. The fraction of sp³-hybridized carbons (Fsp3) is 0.700. The summed E-state index contributed by atoms with van der Waals surface area (Å²) in [7, 11) is 5.19. The molecule has 15 heavy (non-hydrogen) atoms. The van der Waals surface area contributed by atoms with E-state index in [9.17, 15) is 0 Å². The second-order valence-corrected chi connectivity index (χ2v) is 3.38. The molecule has 0 aliphatic carbocycles. The van der Waals surface area contributed by atoms with E-state index in [1.165, 1.54) is 5.56 Å². The molecule has 0 aliphatic heterocycles. The van der Waals surface area contributed by atoms with E-state index in [0.717, 1.165) is 13.0 Å². The molecule has 0 saturated carbocycles. The highest BCUT2D eigenvalue weighted by Gasteiger charge is 2.03. The molecule has 1 N–H and O–H groups in total. The second kappa shape index (κ2) is 6.55. The normalized spacial score (nSPS) is 11.2. The fourth-order valence-electron chi connectivity index (χ4n) is 1.32. The molecule has 5 heteroatoms. The van der Waals surface area contributed by atoms with Crippen molar-refractivity contribution in [3.05, 3.63) is 18.0 Å². The van der Waals surface area contributed by atoms with Gasteiger partial charge < -0.3 is 14.8 Å². The van der Waals surface area contributed by atoms with Crippen LogP contribution in [0.4, 0.5) is 0 Å². The van der Waals surface area contributed by atoms with Crippen molar-refractivity contribution < 1.29 is 9.47 Å². The highest BCUT2D eigenvalue weighted by Crippen LogP contribution is 1.96. The molecule has 1 aromatic heterocycles. The molecule has 0 aromatic carbocycles. The van der Waals surface area contributed by atoms with Crippen LogP contribution in [0.2, 0.25) is 0 Å². The van der Waals surface area contributed by atoms with Crippen LogP contribution in [0.25, 0.3) is 0 Å². The van der Waals surface area contributed by atoms with Gasteiger partial charge in [0.2, 0.25) is 0 Å². The lowest BCUT2D eigenvalue weighted by atomic mass is 10.2. The van der Waals surface area contributed by atoms with Gasteiger partial charge in [-0.05, 0) is 18.5 Å². The monoisotopic (exact) mass is 213 g/mol. The summed E-state index contributed by atoms with van der Waals surface area (Å²) in [6.45, 7) is 1.60. The van der Waals surface area contributed by atoms with Crippen molar-refractivity contribution in [2.24, 2.45) is 7.05 Å². The van der Waals surface area contributed by atoms with Crippen LogP contribution in [0, 0.1) is 0 Å². The molecule has 0 amide bonds. The van der Waals surface area contributed by atoms with Crippen molar-refractivity contribution in [2.45, 2.75) is 12.7 Å². The zero-order valence-corrected chi connectivity index (χ0v) is 9.56. The van der Waals surface area contributed by atoms with Gasteiger partial charge in [0.15, 0.2) is 6.29 Å². The minimum absolute atomic E-state index is 0.168. The van der Waals surface area contributed by atoms with Crippen molar-refractivity contribution in [1.29, 1.82) is 0 Å². The summed E-state index contributed by atoms with van der Waals surface area (Å²) >= 11 is 0. The Morgan fingerprint density at radius 1 is 1.47 bits per heavy atom. The van der Waals surface area contributed by atoms with Crippen LogP contribution in [0.1, 0.15) is 5.56 Å². The average molecular weight is 213 g/mol. The maximum atomic E-state index is 5.05. The molecule has 0 bridgehead atoms. The highest BCUT2D eigenvalue weighted by atomic mass is 16.7. The number of aryl methyl sites for hydroxylation is 1. The van der Waals surface area contributed by atoms with E-state index >= 15 is 0 Å². The van der Waals surface area contributed by atoms with E-state index in [2.05, 4.69) is 10.4 Å². The maximum Gasteiger partial charge on any atom is 0.169 e. The molecule has 0 atom stereocenters. The minimum atomic E-state index is -0.168. The predicted molar refractivity (Wildman–Crippen MR) is 57.6 cm³/mol. The third-order valence-electron chi connectivity index (χ3n) is 2.19. The molecule has 0 spiro atoms. The van der Waals surface area contributed by atoms with Gasteiger partial charge in [0.25, 0.3) is 0 Å². The summed E-state index contributed by atoms with van der Waals surface area (Å²) in [6.07, 6.45) is 4.70. The lowest BCUT2D eigenvalue weighted by molar-refractivity contribution is -0.0986. The van der Waals surface area contributed by atoms with Crippen LogP contribution in [0.5, 0.6) is 0 Å². The number of ether oxygens (including phenoxy) is 2. The lowest BCUT2D eigenvalue weighted by Gasteiger charge is -2.13. The highest BCUT2D eigenvalue weighted by molar-refractivity contribution is 5.03. The van der Waals surface area contributed by atoms with Gasteiger partial charge in [0, 0.05) is 34.0 Å². The number of nitrogens with zero attached hydrogens (tertiary/aromatic N) is 2. The Morgan fingerprint density at radius 2 is 2.20 bits per heavy atom. The van der Waals surface area contributed by atoms with Crippen molar-refractivity contribution in [1.82, 2.24) is 15.1 Å². The largest absolute Gasteiger partial charge is 0.355 e. The van der Waals surface area contributed by atoms with Crippen molar-refractivity contribution in [3.8, 4) is 0 Å². The van der Waals surface area contributed by atoms with E-state index in [0.29, 0.717) is 6.54 Å². The summed E-state index contributed by atoms with van der Waals surface area (Å²) in [5, 5.41) is 7.36. The summed E-state index contributed by atoms with van der Waals surface area (Å²) in [5.41, 5.74) is 1.23. The van der Waals surface area contributed by atoms with Crippen molar-refractivity contribution >= 4 is 0 Å². The number of methoxy groups -OCH3 is 2. The Balaban J connectivity index is 2.11. The third-order valence-corrected chi connectivity index (χ3v) is 2.19. The van der Waals surface area contributed by atoms with Crippen LogP contribution in [-0.2, 0) is 22.9 Å². The molecule has 1 heterocycles. The fourth-order valence-corrected chi connectivity index (χ4v) is 1.32. The molecule has 86 valence electrons. The van der Waals surface area contributed by atoms with Crippen LogP contribution in [-0.4, -0.2) is 43.4 Å². The summed E-state index contributed by atoms with van der Waals surface area (Å²) < 4.78 is 11.9. The number of nitrogens with one attached hydrogen (secondary N) is 1. The van der Waals surface area contributed by atoms with Gasteiger partial charge in [-0.2, -0.15) is 5.10 Å². The van der Waals surface area contributed by atoms with Crippen molar-refractivity contribution in [2.75, 3.05) is 27.3 Å². The summed E-state index contributed by atoms with van der Waals surface area (Å²) in [4.78, 5) is 0. The molecular formula is C10H19N3O2. The Bertz CT molecular complexity index is 271. The Labute approximate surface area is 90.4 Å². The predicted octanol–water partition coefficient (Wildman–Crippen LogP) is 0.171. The minimum Gasteiger partial charge on any atom is -0.355 e. The van der Waals surface area contributed by atoms with Crippen LogP contribution in [0.15, 0.2) is 12.4 Å². The number of hydrogen-bond donors (Lipinski definition) is 1. The van der Waals surface area contributed by atoms with E-state index < -0.39 is 0 Å². The van der Waals surface area contributed by atoms with Crippen LogP contribution < -0.4 is 5.32 Å². The molecule has 0 radical (unpaired) electrons. The van der Waals surface area contributed by atoms with Gasteiger partial charge in [0.1, 0.15) is 0 Å². The van der Waals surface area contributed by atoms with Crippen LogP contribution >= 0.6 is 0 Å². The van der Waals surface area contributed by atoms with E-state index in [1.807, 2.05) is 24.1 Å². The number of rotatable bonds is 7. The summed E-state index contributed by atoms with van der Waals surface area (Å²) in [6, 6.07) is 0. The molecule has 5 nitrogen and oxygen atoms in total. The first-order valence-electron chi connectivity index (χ1n) is 5.00. The average Bonchev–Trinajstić information content (AvgIpc) is 2.65. The van der Waals surface area contributed by atoms with Gasteiger partial charge >= 0.3 is 0 Å². The quantitative estimate of drug-likeness (QED) is 0.518. The molecule has 1 aromatic rings. The zero-order valence-electron chi connectivity index (χ0n) is 9.56. The maximum absolute atomic E-state index is 5.05. The molecular weight excluding hydrogens is 194 g/mol. The molecule has 1 rings (SSSR count). The van der Waals surface area contributed by atoms with Crippen molar-refractivity contribution in [3.63, 3.8) is 0 Å². The third kappa shape index (κ3) is 4.42. The standard InChI is InChI=1S/C10H19N3O2/c1-13-8-9(6-12-13)4-5-11-7-10(14-2)15-3/h6,8,10-11H,4-5,7H2,1-3H3. The molecule has 0 aliphatic rings. The second-order valence-electron chi connectivity index (χ2n) is 3.38. The zero-order chi connectivity index (χ0) is 11.1. The molecule has 0 saturated heterocycles. The first-order chi connectivity index (χ1) is 7.26. The van der Waals surface area contributed by atoms with Gasteiger partial charge in [-0.3, -0.25) is 4.68 Å². The Morgan fingerprint density at radius 3 is 2.73 bits per heavy atom. The van der Waals surface area contributed by atoms with Gasteiger partial charge in [-0.25, -0.2) is 0 Å².